The van der Waals surface area contributed by atoms with E-state index in [4.69, 9.17) is 21.0 Å². The number of carbonyl (C=O) groups excluding carboxylic acids is 1. The molecular formula is C20H15ClN2O2S. The quantitative estimate of drug-likeness (QED) is 0.455. The molecule has 0 bridgehead atoms. The van der Waals surface area contributed by atoms with Gasteiger partial charge in [0.15, 0.2) is 5.13 Å². The van der Waals surface area contributed by atoms with E-state index >= 15 is 0 Å². The molecule has 0 spiro atoms. The molecule has 4 rings (SSSR count). The van der Waals surface area contributed by atoms with Gasteiger partial charge in [-0.25, -0.2) is 4.98 Å². The van der Waals surface area contributed by atoms with Crippen molar-refractivity contribution in [2.75, 3.05) is 4.90 Å². The molecule has 130 valence electrons. The highest BCUT2D eigenvalue weighted by Gasteiger charge is 2.24. The normalized spacial score (nSPS) is 11.0. The molecule has 0 saturated heterocycles. The summed E-state index contributed by atoms with van der Waals surface area (Å²) in [7, 11) is 0. The van der Waals surface area contributed by atoms with Crippen LogP contribution < -0.4 is 4.90 Å². The van der Waals surface area contributed by atoms with Crippen LogP contribution in [0.25, 0.3) is 10.2 Å². The van der Waals surface area contributed by atoms with Crippen molar-refractivity contribution in [3.05, 3.63) is 82.8 Å². The van der Waals surface area contributed by atoms with Crippen LogP contribution in [-0.2, 0) is 6.54 Å². The Morgan fingerprint density at radius 2 is 2.00 bits per heavy atom. The molecule has 0 aliphatic heterocycles. The Labute approximate surface area is 159 Å². The van der Waals surface area contributed by atoms with Gasteiger partial charge in [-0.1, -0.05) is 47.2 Å². The zero-order valence-corrected chi connectivity index (χ0v) is 15.6. The maximum Gasteiger partial charge on any atom is 0.262 e. The Morgan fingerprint density at radius 1 is 1.15 bits per heavy atom. The Morgan fingerprint density at radius 3 is 2.73 bits per heavy atom. The molecule has 0 radical (unpaired) electrons. The van der Waals surface area contributed by atoms with Crippen LogP contribution in [0.4, 0.5) is 5.13 Å². The van der Waals surface area contributed by atoms with Crippen molar-refractivity contribution in [2.24, 2.45) is 0 Å². The Balaban J connectivity index is 1.80. The minimum Gasteiger partial charge on any atom is -0.467 e. The van der Waals surface area contributed by atoms with E-state index in [1.807, 2.05) is 31.2 Å². The van der Waals surface area contributed by atoms with Crippen molar-refractivity contribution >= 4 is 44.2 Å². The number of fused-ring (bicyclic) bond motifs is 1. The fourth-order valence-electron chi connectivity index (χ4n) is 2.75. The first-order chi connectivity index (χ1) is 12.6. The fourth-order valence-corrected chi connectivity index (χ4v) is 4.01. The number of para-hydroxylation sites is 1. The van der Waals surface area contributed by atoms with Gasteiger partial charge in [0, 0.05) is 0 Å². The maximum atomic E-state index is 13.2. The highest BCUT2D eigenvalue weighted by atomic mass is 35.5. The average Bonchev–Trinajstić information content (AvgIpc) is 3.29. The smallest absolute Gasteiger partial charge is 0.262 e. The third-order valence-electron chi connectivity index (χ3n) is 4.08. The number of halogens is 1. The number of amides is 1. The number of rotatable bonds is 4. The van der Waals surface area contributed by atoms with Crippen molar-refractivity contribution in [2.45, 2.75) is 13.5 Å². The number of hydrogen-bond donors (Lipinski definition) is 0. The summed E-state index contributed by atoms with van der Waals surface area (Å²) in [5.74, 6) is 0.477. The molecule has 2 aromatic heterocycles. The van der Waals surface area contributed by atoms with Crippen molar-refractivity contribution in [1.82, 2.24) is 4.98 Å². The number of carbonyl (C=O) groups is 1. The predicted octanol–water partition coefficient (Wildman–Crippen LogP) is 5.70. The van der Waals surface area contributed by atoms with Gasteiger partial charge in [0.1, 0.15) is 5.76 Å². The van der Waals surface area contributed by atoms with Crippen molar-refractivity contribution in [3.63, 3.8) is 0 Å². The largest absolute Gasteiger partial charge is 0.467 e. The lowest BCUT2D eigenvalue weighted by atomic mass is 10.2. The zero-order chi connectivity index (χ0) is 18.1. The minimum absolute atomic E-state index is 0.205. The lowest BCUT2D eigenvalue weighted by Crippen LogP contribution is -2.30. The van der Waals surface area contributed by atoms with Gasteiger partial charge in [0.05, 0.1) is 33.6 Å². The number of furan rings is 1. The van der Waals surface area contributed by atoms with E-state index in [1.54, 1.807) is 41.5 Å². The fraction of sp³-hybridized carbons (Fsp3) is 0.100. The minimum atomic E-state index is -0.205. The SMILES string of the molecule is Cc1cccc2sc(N(Cc3ccco3)C(=O)c3ccccc3Cl)nc12. The lowest BCUT2D eigenvalue weighted by molar-refractivity contribution is 0.0983. The van der Waals surface area contributed by atoms with Gasteiger partial charge >= 0.3 is 0 Å². The second-order valence-corrected chi connectivity index (χ2v) is 7.28. The highest BCUT2D eigenvalue weighted by molar-refractivity contribution is 7.22. The van der Waals surface area contributed by atoms with Crippen LogP contribution in [-0.4, -0.2) is 10.9 Å². The molecule has 2 aromatic carbocycles. The third-order valence-corrected chi connectivity index (χ3v) is 5.46. The van der Waals surface area contributed by atoms with E-state index in [0.717, 1.165) is 15.8 Å². The van der Waals surface area contributed by atoms with E-state index in [0.29, 0.717) is 21.5 Å². The van der Waals surface area contributed by atoms with E-state index in [-0.39, 0.29) is 12.5 Å². The Hall–Kier alpha value is -2.63. The molecule has 0 unspecified atom stereocenters. The first-order valence-corrected chi connectivity index (χ1v) is 9.28. The molecular weight excluding hydrogens is 368 g/mol. The number of hydrogen-bond acceptors (Lipinski definition) is 4. The van der Waals surface area contributed by atoms with Gasteiger partial charge in [-0.2, -0.15) is 0 Å². The molecule has 0 saturated carbocycles. The maximum absolute atomic E-state index is 13.2. The summed E-state index contributed by atoms with van der Waals surface area (Å²) in [6.45, 7) is 2.30. The summed E-state index contributed by atoms with van der Waals surface area (Å²) in [6, 6.07) is 16.7. The van der Waals surface area contributed by atoms with Gasteiger partial charge < -0.3 is 4.42 Å². The summed E-state index contributed by atoms with van der Waals surface area (Å²) >= 11 is 7.73. The molecule has 1 amide bonds. The van der Waals surface area contributed by atoms with Crippen LogP contribution in [0.2, 0.25) is 5.02 Å². The van der Waals surface area contributed by atoms with E-state index < -0.39 is 0 Å². The molecule has 0 N–H and O–H groups in total. The molecule has 0 aliphatic rings. The van der Waals surface area contributed by atoms with E-state index in [2.05, 4.69) is 0 Å². The predicted molar refractivity (Wildman–Crippen MR) is 105 cm³/mol. The van der Waals surface area contributed by atoms with Gasteiger partial charge in [-0.3, -0.25) is 9.69 Å². The summed E-state index contributed by atoms with van der Waals surface area (Å²) < 4.78 is 6.49. The van der Waals surface area contributed by atoms with E-state index in [1.165, 1.54) is 11.3 Å². The standard InChI is InChI=1S/C20H15ClN2O2S/c1-13-6-4-10-17-18(13)22-20(26-17)23(12-14-7-5-11-25-14)19(24)15-8-2-3-9-16(15)21/h2-11H,12H2,1H3. The van der Waals surface area contributed by atoms with E-state index in [9.17, 15) is 4.79 Å². The van der Waals surface area contributed by atoms with Crippen molar-refractivity contribution in [1.29, 1.82) is 0 Å². The number of anilines is 1. The number of aryl methyl sites for hydroxylation is 1. The number of nitrogens with zero attached hydrogens (tertiary/aromatic N) is 2. The van der Waals surface area contributed by atoms with Crippen LogP contribution in [0.1, 0.15) is 21.7 Å². The molecule has 4 aromatic rings. The monoisotopic (exact) mass is 382 g/mol. The van der Waals surface area contributed by atoms with Crippen LogP contribution in [0.15, 0.2) is 65.3 Å². The Bertz CT molecular complexity index is 1070. The third kappa shape index (κ3) is 3.11. The first kappa shape index (κ1) is 16.8. The zero-order valence-electron chi connectivity index (χ0n) is 14.0. The number of benzene rings is 2. The Kier molecular flexibility index (Phi) is 4.49. The molecule has 26 heavy (non-hydrogen) atoms. The molecule has 0 fully saturated rings. The second-order valence-electron chi connectivity index (χ2n) is 5.87. The van der Waals surface area contributed by atoms with Crippen LogP contribution in [0, 0.1) is 6.92 Å². The molecule has 0 atom stereocenters. The van der Waals surface area contributed by atoms with Crippen LogP contribution >= 0.6 is 22.9 Å². The van der Waals surface area contributed by atoms with Crippen molar-refractivity contribution in [3.8, 4) is 0 Å². The van der Waals surface area contributed by atoms with Crippen LogP contribution in [0.5, 0.6) is 0 Å². The lowest BCUT2D eigenvalue weighted by Gasteiger charge is -2.19. The highest BCUT2D eigenvalue weighted by Crippen LogP contribution is 2.33. The summed E-state index contributed by atoms with van der Waals surface area (Å²) in [4.78, 5) is 19.5. The van der Waals surface area contributed by atoms with Gasteiger partial charge in [-0.05, 0) is 42.8 Å². The summed E-state index contributed by atoms with van der Waals surface area (Å²) in [5.41, 5.74) is 2.42. The van der Waals surface area contributed by atoms with Gasteiger partial charge in [0.25, 0.3) is 5.91 Å². The molecule has 0 aliphatic carbocycles. The summed E-state index contributed by atoms with van der Waals surface area (Å²) in [5, 5.41) is 1.04. The van der Waals surface area contributed by atoms with Gasteiger partial charge in [-0.15, -0.1) is 0 Å². The van der Waals surface area contributed by atoms with Gasteiger partial charge in [0.2, 0.25) is 0 Å². The summed E-state index contributed by atoms with van der Waals surface area (Å²) in [6.07, 6.45) is 1.59. The number of thiazole rings is 1. The first-order valence-electron chi connectivity index (χ1n) is 8.08. The number of aromatic nitrogens is 1. The molecule has 2 heterocycles. The van der Waals surface area contributed by atoms with Crippen molar-refractivity contribution < 1.29 is 9.21 Å². The molecule has 6 heteroatoms. The average molecular weight is 383 g/mol. The topological polar surface area (TPSA) is 46.3 Å². The van der Waals surface area contributed by atoms with Crippen LogP contribution in [0.3, 0.4) is 0 Å². The second kappa shape index (κ2) is 6.94. The molecule has 4 nitrogen and oxygen atoms in total.